The third kappa shape index (κ3) is 3.77. The molecule has 2 amide bonds. The van der Waals surface area contributed by atoms with Gasteiger partial charge in [0, 0.05) is 37.9 Å². The molecule has 5 aliphatic heterocycles. The lowest BCUT2D eigenvalue weighted by Crippen LogP contribution is -2.60. The second-order valence-electron chi connectivity index (χ2n) is 10.5. The van der Waals surface area contributed by atoms with E-state index in [1.165, 1.54) is 16.7 Å². The summed E-state index contributed by atoms with van der Waals surface area (Å²) in [4.78, 5) is 30.4. The molecule has 7 heterocycles. The lowest BCUT2D eigenvalue weighted by Gasteiger charge is -2.47. The first-order valence-corrected chi connectivity index (χ1v) is 13.1. The molecule has 3 aromatic rings. The summed E-state index contributed by atoms with van der Waals surface area (Å²) in [6, 6.07) is 4.94. The Morgan fingerprint density at radius 3 is 2.94 bits per heavy atom. The number of hydrogen-bond donors (Lipinski definition) is 2. The van der Waals surface area contributed by atoms with Crippen LogP contribution < -0.4 is 5.32 Å². The van der Waals surface area contributed by atoms with Gasteiger partial charge in [0.05, 0.1) is 49.9 Å². The van der Waals surface area contributed by atoms with Crippen LogP contribution in [0.1, 0.15) is 41.1 Å². The first-order valence-electron chi connectivity index (χ1n) is 13.1. The van der Waals surface area contributed by atoms with Gasteiger partial charge < -0.3 is 29.6 Å². The highest BCUT2D eigenvalue weighted by atomic mass is 16.5. The molecule has 3 atom stereocenters. The van der Waals surface area contributed by atoms with E-state index in [2.05, 4.69) is 32.3 Å². The van der Waals surface area contributed by atoms with Crippen LogP contribution in [0.2, 0.25) is 0 Å². The number of hydrogen-bond acceptors (Lipinski definition) is 6. The fourth-order valence-corrected chi connectivity index (χ4v) is 6.20. The highest BCUT2D eigenvalue weighted by molar-refractivity contribution is 5.78. The number of nitrogens with zero attached hydrogens (tertiary/aromatic N) is 4. The van der Waals surface area contributed by atoms with Gasteiger partial charge in [-0.3, -0.25) is 0 Å². The SMILES string of the molecule is Cc1c[nH]c2ncc(-c3cc4c(c([C@@H]5COCCN5)c3)CN(C(=O)N3C[C@@H]5CC[C@H]3CO5)CC4)nc12. The van der Waals surface area contributed by atoms with Crippen molar-refractivity contribution >= 4 is 17.2 Å². The third-order valence-electron chi connectivity index (χ3n) is 8.24. The summed E-state index contributed by atoms with van der Waals surface area (Å²) in [5.74, 6) is 0. The Balaban J connectivity index is 1.24. The molecule has 2 bridgehead atoms. The Bertz CT molecular complexity index is 1310. The normalized spacial score (nSPS) is 25.9. The number of carbonyl (C=O) groups is 1. The largest absolute Gasteiger partial charge is 0.378 e. The fourth-order valence-electron chi connectivity index (χ4n) is 6.20. The minimum atomic E-state index is 0.0904. The Hall–Kier alpha value is -3.01. The first-order chi connectivity index (χ1) is 17.6. The number of morpholine rings is 2. The quantitative estimate of drug-likeness (QED) is 0.576. The number of carbonyl (C=O) groups excluding carboxylic acids is 1. The van der Waals surface area contributed by atoms with Crippen LogP contribution in [0.25, 0.3) is 22.4 Å². The van der Waals surface area contributed by atoms with Crippen molar-refractivity contribution in [2.45, 2.75) is 50.9 Å². The lowest BCUT2D eigenvalue weighted by atomic mass is 9.88. The van der Waals surface area contributed by atoms with Crippen molar-refractivity contribution in [3.8, 4) is 11.3 Å². The Kier molecular flexibility index (Phi) is 5.45. The average molecular weight is 489 g/mol. The van der Waals surface area contributed by atoms with E-state index < -0.39 is 0 Å². The molecule has 0 spiro atoms. The second kappa shape index (κ2) is 8.83. The zero-order chi connectivity index (χ0) is 24.2. The summed E-state index contributed by atoms with van der Waals surface area (Å²) in [7, 11) is 0. The molecule has 5 aliphatic rings. The Morgan fingerprint density at radius 1 is 1.22 bits per heavy atom. The number of ether oxygens (including phenoxy) is 2. The van der Waals surface area contributed by atoms with E-state index in [0.717, 1.165) is 73.5 Å². The molecule has 0 aliphatic carbocycles. The van der Waals surface area contributed by atoms with Gasteiger partial charge in [-0.15, -0.1) is 0 Å². The number of amides is 2. The number of urea groups is 1. The van der Waals surface area contributed by atoms with E-state index in [-0.39, 0.29) is 24.2 Å². The Morgan fingerprint density at radius 2 is 2.17 bits per heavy atom. The molecule has 8 rings (SSSR count). The monoisotopic (exact) mass is 488 g/mol. The van der Waals surface area contributed by atoms with Crippen LogP contribution >= 0.6 is 0 Å². The summed E-state index contributed by atoms with van der Waals surface area (Å²) in [5.41, 5.74) is 8.47. The van der Waals surface area contributed by atoms with Gasteiger partial charge in [0.2, 0.25) is 0 Å². The summed E-state index contributed by atoms with van der Waals surface area (Å²) in [6.07, 6.45) is 6.93. The minimum absolute atomic E-state index is 0.0904. The molecule has 0 unspecified atom stereocenters. The summed E-state index contributed by atoms with van der Waals surface area (Å²) in [5, 5.41) is 3.63. The van der Waals surface area contributed by atoms with Crippen LogP contribution in [0, 0.1) is 6.92 Å². The van der Waals surface area contributed by atoms with Crippen molar-refractivity contribution in [1.29, 1.82) is 0 Å². The van der Waals surface area contributed by atoms with Crippen molar-refractivity contribution in [3.05, 3.63) is 46.8 Å². The van der Waals surface area contributed by atoms with Gasteiger partial charge in [-0.2, -0.15) is 0 Å². The van der Waals surface area contributed by atoms with Crippen LogP contribution in [-0.2, 0) is 22.4 Å². The third-order valence-corrected chi connectivity index (χ3v) is 8.24. The summed E-state index contributed by atoms with van der Waals surface area (Å²) in [6.45, 7) is 6.94. The molecule has 0 saturated carbocycles. The number of benzene rings is 1. The van der Waals surface area contributed by atoms with Crippen LogP contribution in [0.3, 0.4) is 0 Å². The molecule has 2 aromatic heterocycles. The standard InChI is InChI=1S/C27H32N6O3/c1-16-10-29-26-25(16)31-23(11-30-26)18-8-17-4-6-32(27(34)33-12-20-3-2-19(33)14-36-20)13-22(17)21(9-18)24-15-35-7-5-28-24/h8-11,19-20,24,28H,2-7,12-15H2,1H3,(H,29,30)/t19-,20-,24-/m0/s1. The molecule has 188 valence electrons. The van der Waals surface area contributed by atoms with Gasteiger partial charge in [-0.25, -0.2) is 14.8 Å². The number of H-pyrrole nitrogens is 1. The van der Waals surface area contributed by atoms with Crippen LogP contribution in [0.4, 0.5) is 4.79 Å². The van der Waals surface area contributed by atoms with Crippen LogP contribution in [-0.4, -0.2) is 82.4 Å². The predicted octanol–water partition coefficient (Wildman–Crippen LogP) is 2.94. The van der Waals surface area contributed by atoms with Gasteiger partial charge in [0.15, 0.2) is 5.65 Å². The molecule has 2 N–H and O–H groups in total. The van der Waals surface area contributed by atoms with E-state index in [4.69, 9.17) is 14.5 Å². The molecule has 4 saturated heterocycles. The fraction of sp³-hybridized carbons (Fsp3) is 0.519. The molecular weight excluding hydrogens is 456 g/mol. The number of nitrogens with one attached hydrogen (secondary N) is 2. The molecule has 9 heteroatoms. The van der Waals surface area contributed by atoms with Crippen LogP contribution in [0.15, 0.2) is 24.5 Å². The minimum Gasteiger partial charge on any atom is -0.378 e. The maximum absolute atomic E-state index is 13.6. The topological polar surface area (TPSA) is 95.6 Å². The zero-order valence-electron chi connectivity index (χ0n) is 20.6. The number of piperidine rings is 1. The van der Waals surface area contributed by atoms with E-state index >= 15 is 0 Å². The van der Waals surface area contributed by atoms with Crippen molar-refractivity contribution in [2.75, 3.05) is 39.5 Å². The van der Waals surface area contributed by atoms with Crippen molar-refractivity contribution in [2.24, 2.45) is 0 Å². The zero-order valence-corrected chi connectivity index (χ0v) is 20.6. The van der Waals surface area contributed by atoms with Gasteiger partial charge in [-0.1, -0.05) is 0 Å². The van der Waals surface area contributed by atoms with E-state index in [9.17, 15) is 4.79 Å². The molecule has 36 heavy (non-hydrogen) atoms. The maximum Gasteiger partial charge on any atom is 0.320 e. The number of aromatic nitrogens is 3. The summed E-state index contributed by atoms with van der Waals surface area (Å²) < 4.78 is 11.7. The predicted molar refractivity (Wildman–Crippen MR) is 135 cm³/mol. The summed E-state index contributed by atoms with van der Waals surface area (Å²) >= 11 is 0. The maximum atomic E-state index is 13.6. The van der Waals surface area contributed by atoms with Gasteiger partial charge in [0.25, 0.3) is 0 Å². The van der Waals surface area contributed by atoms with Crippen molar-refractivity contribution in [3.63, 3.8) is 0 Å². The molecule has 0 radical (unpaired) electrons. The molecule has 9 nitrogen and oxygen atoms in total. The molecule has 1 aromatic carbocycles. The number of aryl methyl sites for hydroxylation is 1. The smallest absolute Gasteiger partial charge is 0.320 e. The van der Waals surface area contributed by atoms with Gasteiger partial charge >= 0.3 is 6.03 Å². The van der Waals surface area contributed by atoms with Crippen molar-refractivity contribution in [1.82, 2.24) is 30.1 Å². The van der Waals surface area contributed by atoms with E-state index in [1.54, 1.807) is 0 Å². The number of fused-ring (bicyclic) bond motifs is 5. The van der Waals surface area contributed by atoms with Crippen molar-refractivity contribution < 1.29 is 14.3 Å². The average Bonchev–Trinajstić information content (AvgIpc) is 3.32. The van der Waals surface area contributed by atoms with Gasteiger partial charge in [-0.05, 0) is 60.6 Å². The van der Waals surface area contributed by atoms with Crippen LogP contribution in [0.5, 0.6) is 0 Å². The van der Waals surface area contributed by atoms with Gasteiger partial charge in [0.1, 0.15) is 5.52 Å². The highest BCUT2D eigenvalue weighted by Gasteiger charge is 2.40. The lowest BCUT2D eigenvalue weighted by molar-refractivity contribution is -0.0923. The van der Waals surface area contributed by atoms with E-state index in [0.29, 0.717) is 19.8 Å². The molecular formula is C27H32N6O3. The number of rotatable bonds is 2. The first kappa shape index (κ1) is 22.2. The second-order valence-corrected chi connectivity index (χ2v) is 10.5. The Labute approximate surface area is 210 Å². The van der Waals surface area contributed by atoms with E-state index in [1.807, 2.05) is 24.2 Å². The molecule has 4 fully saturated rings. The highest BCUT2D eigenvalue weighted by Crippen LogP contribution is 2.35. The number of aromatic amines is 1.